The molecule has 3 aromatic carbocycles. The molecule has 8 N–H and O–H groups in total. The van der Waals surface area contributed by atoms with Crippen LogP contribution >= 0.6 is 80.2 Å². The van der Waals surface area contributed by atoms with Gasteiger partial charge >= 0.3 is 51.4 Å². The molecular weight excluding hydrogens is 778 g/mol. The average Bonchev–Trinajstić information content (AvgIpc) is 2.85. The van der Waals surface area contributed by atoms with E-state index in [9.17, 15) is 0 Å². The molecule has 0 saturated heterocycles. The zero-order valence-electron chi connectivity index (χ0n) is 19.4. The van der Waals surface area contributed by atoms with Crippen LogP contribution in [0, 0.1) is 0 Å². The van der Waals surface area contributed by atoms with Crippen LogP contribution in [0.3, 0.4) is 0 Å². The topological polar surface area (TPSA) is 102 Å². The van der Waals surface area contributed by atoms with E-state index in [1.807, 2.05) is 106 Å². The molecule has 0 spiro atoms. The van der Waals surface area contributed by atoms with Gasteiger partial charge in [0.25, 0.3) is 0 Å². The summed E-state index contributed by atoms with van der Waals surface area (Å²) in [5.41, 5.74) is 13.1. The number of para-hydroxylation sites is 3. The molecule has 172 valence electrons. The summed E-state index contributed by atoms with van der Waals surface area (Å²) >= 11 is 6.45. The maximum Gasteiger partial charge on any atom is 1.00 e. The number of benzene rings is 3. The molecule has 0 aliphatic rings. The van der Waals surface area contributed by atoms with Gasteiger partial charge in [-0.2, -0.15) is 0 Å². The van der Waals surface area contributed by atoms with Gasteiger partial charge in [-0.05, 0) is 51.2 Å². The molecule has 0 amide bonds. The Bertz CT molecular complexity index is 609. The number of nitrogen functional groups attached to an aromatic ring is 3. The minimum Gasteiger partial charge on any atom is -1.00 e. The number of anilines is 3. The second kappa shape index (κ2) is 38.4. The van der Waals surface area contributed by atoms with Crippen molar-refractivity contribution < 1.29 is 52.8 Å². The Morgan fingerprint density at radius 2 is 0.774 bits per heavy atom. The van der Waals surface area contributed by atoms with Crippen molar-refractivity contribution in [3.05, 3.63) is 91.0 Å². The minimum absolute atomic E-state index is 0. The summed E-state index contributed by atoms with van der Waals surface area (Å²) in [6.07, 6.45) is 0. The van der Waals surface area contributed by atoms with Crippen LogP contribution in [-0.2, 0) is 0 Å². The molecule has 0 radical (unpaired) electrons. The van der Waals surface area contributed by atoms with Crippen molar-refractivity contribution in [1.82, 2.24) is 0 Å². The minimum atomic E-state index is 0. The summed E-state index contributed by atoms with van der Waals surface area (Å²) in [6.45, 7) is 0. The number of rotatable bonds is 2. The molecule has 10 heteroatoms. The summed E-state index contributed by atoms with van der Waals surface area (Å²) in [5, 5.41) is 0. The van der Waals surface area contributed by atoms with Crippen molar-refractivity contribution in [3.63, 3.8) is 0 Å². The largest absolute Gasteiger partial charge is 1.00 e. The van der Waals surface area contributed by atoms with Gasteiger partial charge in [-0.3, -0.25) is 11.7 Å². The first-order valence-corrected chi connectivity index (χ1v) is 14.7. The zero-order chi connectivity index (χ0) is 22.8. The van der Waals surface area contributed by atoms with Gasteiger partial charge in [0, 0.05) is 17.1 Å². The van der Waals surface area contributed by atoms with Gasteiger partial charge < -0.3 is 18.0 Å². The average molecular weight is 812 g/mol. The zero-order valence-corrected chi connectivity index (χ0v) is 28.8. The van der Waals surface area contributed by atoms with E-state index in [0.29, 0.717) is 0 Å². The molecule has 0 unspecified atom stereocenters. The Morgan fingerprint density at radius 1 is 0.548 bits per heavy atom. The SMILES string of the molecule is CI.CI.CI.Cl.NNc1ccccc1.NNc1ccccc1.Nc1ccccc1.[H-].[K+]. The molecule has 5 nitrogen and oxygen atoms in total. The Hall–Kier alpha value is 1.10. The van der Waals surface area contributed by atoms with Crippen LogP contribution in [0.2, 0.25) is 0 Å². The molecule has 0 aliphatic heterocycles. The Kier molecular flexibility index (Phi) is 52.3. The maximum absolute atomic E-state index is 5.36. The Morgan fingerprint density at radius 3 is 0.903 bits per heavy atom. The number of alkyl halides is 3. The molecule has 3 aromatic rings. The van der Waals surface area contributed by atoms with Crippen molar-refractivity contribution in [2.24, 2.45) is 11.7 Å². The van der Waals surface area contributed by atoms with Crippen LogP contribution in [0.5, 0.6) is 0 Å². The van der Waals surface area contributed by atoms with Crippen LogP contribution in [0.4, 0.5) is 17.1 Å². The van der Waals surface area contributed by atoms with E-state index in [-0.39, 0.29) is 65.2 Å². The van der Waals surface area contributed by atoms with E-state index >= 15 is 0 Å². The molecule has 31 heavy (non-hydrogen) atoms. The quantitative estimate of drug-likeness (QED) is 0.0676. The summed E-state index contributed by atoms with van der Waals surface area (Å²) < 4.78 is 0. The van der Waals surface area contributed by atoms with Crippen LogP contribution in [0.15, 0.2) is 91.0 Å². The van der Waals surface area contributed by atoms with E-state index in [1.165, 1.54) is 0 Å². The summed E-state index contributed by atoms with van der Waals surface area (Å²) in [4.78, 5) is 5.91. The predicted octanol–water partition coefficient (Wildman–Crippen LogP) is 3.91. The third-order valence-corrected chi connectivity index (χ3v) is 2.68. The van der Waals surface area contributed by atoms with Crippen LogP contribution in [-0.4, -0.2) is 14.8 Å². The Balaban J connectivity index is -0.0000000680. The van der Waals surface area contributed by atoms with Crippen LogP contribution in [0.25, 0.3) is 0 Å². The molecule has 0 atom stereocenters. The number of hydrogen-bond donors (Lipinski definition) is 5. The second-order valence-corrected chi connectivity index (χ2v) is 4.43. The Labute approximate surface area is 279 Å². The van der Waals surface area contributed by atoms with Crippen LogP contribution in [0.1, 0.15) is 1.43 Å². The fraction of sp³-hybridized carbons (Fsp3) is 0.143. The molecule has 0 fully saturated rings. The third-order valence-electron chi connectivity index (χ3n) is 2.68. The normalized spacial score (nSPS) is 6.97. The van der Waals surface area contributed by atoms with E-state index in [0.717, 1.165) is 17.1 Å². The summed E-state index contributed by atoms with van der Waals surface area (Å²) in [6, 6.07) is 28.7. The summed E-state index contributed by atoms with van der Waals surface area (Å²) in [7, 11) is 0. The van der Waals surface area contributed by atoms with Gasteiger partial charge in [0.1, 0.15) is 0 Å². The van der Waals surface area contributed by atoms with E-state index < -0.39 is 0 Å². The predicted molar refractivity (Wildman–Crippen MR) is 168 cm³/mol. The maximum atomic E-state index is 5.36. The fourth-order valence-electron chi connectivity index (χ4n) is 1.52. The van der Waals surface area contributed by atoms with Crippen molar-refractivity contribution in [2.45, 2.75) is 0 Å². The molecule has 0 aromatic heterocycles. The van der Waals surface area contributed by atoms with E-state index in [2.05, 4.69) is 78.6 Å². The van der Waals surface area contributed by atoms with Crippen molar-refractivity contribution >= 4 is 97.2 Å². The third kappa shape index (κ3) is 31.1. The van der Waals surface area contributed by atoms with Crippen LogP contribution < -0.4 is 79.7 Å². The standard InChI is InChI=1S/2C6H8N2.C6H7N.3CH3I.ClH.K.H/c2*7-8-6-4-2-1-3-5-6;7-6-4-2-1-3-5-6;3*1-2;;;/h2*1-5,8H,7H2;1-5H,7H2;3*1H3;1H;;/q;;;;;;;+1;-1. The first kappa shape index (κ1) is 42.3. The molecule has 0 heterocycles. The summed E-state index contributed by atoms with van der Waals surface area (Å²) in [5.74, 6) is 10.2. The number of halogens is 4. The number of nitrogens with two attached hydrogens (primary N) is 3. The first-order valence-electron chi connectivity index (χ1n) is 8.23. The van der Waals surface area contributed by atoms with Gasteiger partial charge in [0.2, 0.25) is 0 Å². The van der Waals surface area contributed by atoms with Gasteiger partial charge in [0.15, 0.2) is 0 Å². The monoisotopic (exact) mass is 811 g/mol. The van der Waals surface area contributed by atoms with E-state index in [4.69, 9.17) is 17.4 Å². The molecular formula is C21H34ClI3KN5. The van der Waals surface area contributed by atoms with Crippen molar-refractivity contribution in [2.75, 3.05) is 31.4 Å². The van der Waals surface area contributed by atoms with Crippen molar-refractivity contribution in [1.29, 1.82) is 0 Å². The fourth-order valence-corrected chi connectivity index (χ4v) is 1.52. The number of hydrazine groups is 2. The van der Waals surface area contributed by atoms with Crippen molar-refractivity contribution in [3.8, 4) is 0 Å². The first-order chi connectivity index (χ1) is 14.3. The number of hydrogen-bond acceptors (Lipinski definition) is 5. The van der Waals surface area contributed by atoms with Gasteiger partial charge in [0.05, 0.1) is 0 Å². The van der Waals surface area contributed by atoms with Gasteiger partial charge in [-0.15, -0.1) is 12.4 Å². The van der Waals surface area contributed by atoms with E-state index in [1.54, 1.807) is 0 Å². The number of nitrogens with one attached hydrogen (secondary N) is 2. The molecule has 0 saturated carbocycles. The molecule has 0 aliphatic carbocycles. The van der Waals surface area contributed by atoms with Gasteiger partial charge in [-0.1, -0.05) is 122 Å². The second-order valence-electron chi connectivity index (χ2n) is 4.43. The molecule has 3 rings (SSSR count). The smallest absolute Gasteiger partial charge is 1.00 e. The van der Waals surface area contributed by atoms with Gasteiger partial charge in [-0.25, -0.2) is 0 Å². The molecule has 0 bridgehead atoms.